The number of phenols is 1. The molecular weight excluding hydrogens is 242 g/mol. The van der Waals surface area contributed by atoms with E-state index in [1.165, 1.54) is 0 Å². The Morgan fingerprint density at radius 2 is 1.95 bits per heavy atom. The zero-order chi connectivity index (χ0) is 14.6. The van der Waals surface area contributed by atoms with E-state index in [2.05, 4.69) is 25.7 Å². The van der Waals surface area contributed by atoms with E-state index in [1.54, 1.807) is 13.2 Å². The van der Waals surface area contributed by atoms with E-state index in [0.29, 0.717) is 12.3 Å². The van der Waals surface area contributed by atoms with Crippen molar-refractivity contribution >= 4 is 0 Å². The fraction of sp³-hybridized carbons (Fsp3) is 0.600. The van der Waals surface area contributed by atoms with Crippen LogP contribution in [0.1, 0.15) is 26.3 Å². The number of hydrogen-bond acceptors (Lipinski definition) is 4. The third-order valence-corrected chi connectivity index (χ3v) is 3.42. The standard InChI is InChI=1S/C15H25NO3/c1-15(2,3)14(10-17)16(4)9-11-6-7-12(19-5)8-13(11)18/h6-8,14,17-18H,9-10H2,1-5H3. The van der Waals surface area contributed by atoms with Gasteiger partial charge in [0.15, 0.2) is 0 Å². The van der Waals surface area contributed by atoms with Gasteiger partial charge in [-0.3, -0.25) is 4.90 Å². The average Bonchev–Trinajstić information content (AvgIpc) is 2.30. The molecule has 1 aromatic carbocycles. The van der Waals surface area contributed by atoms with Crippen molar-refractivity contribution in [1.29, 1.82) is 0 Å². The van der Waals surface area contributed by atoms with Crippen molar-refractivity contribution in [2.24, 2.45) is 5.41 Å². The summed E-state index contributed by atoms with van der Waals surface area (Å²) in [5.41, 5.74) is 0.803. The molecule has 1 rings (SSSR count). The minimum Gasteiger partial charge on any atom is -0.507 e. The van der Waals surface area contributed by atoms with E-state index in [9.17, 15) is 10.2 Å². The molecule has 0 fully saturated rings. The Morgan fingerprint density at radius 1 is 1.32 bits per heavy atom. The molecular formula is C15H25NO3. The predicted molar refractivity (Wildman–Crippen MR) is 76.5 cm³/mol. The van der Waals surface area contributed by atoms with Gasteiger partial charge in [0.25, 0.3) is 0 Å². The van der Waals surface area contributed by atoms with Gasteiger partial charge in [0.1, 0.15) is 11.5 Å². The van der Waals surface area contributed by atoms with Crippen molar-refractivity contribution < 1.29 is 14.9 Å². The third-order valence-electron chi connectivity index (χ3n) is 3.42. The maximum atomic E-state index is 9.96. The summed E-state index contributed by atoms with van der Waals surface area (Å²) >= 11 is 0. The van der Waals surface area contributed by atoms with Crippen molar-refractivity contribution in [2.45, 2.75) is 33.4 Å². The van der Waals surface area contributed by atoms with E-state index < -0.39 is 0 Å². The first-order chi connectivity index (χ1) is 8.79. The number of aromatic hydroxyl groups is 1. The minimum absolute atomic E-state index is 0.0222. The number of aliphatic hydroxyl groups excluding tert-OH is 1. The molecule has 0 saturated carbocycles. The molecule has 1 unspecified atom stereocenters. The molecule has 0 heterocycles. The minimum atomic E-state index is -0.0222. The van der Waals surface area contributed by atoms with Crippen LogP contribution in [-0.2, 0) is 6.54 Å². The fourth-order valence-electron chi connectivity index (χ4n) is 2.26. The van der Waals surface area contributed by atoms with Gasteiger partial charge in [-0.05, 0) is 18.5 Å². The van der Waals surface area contributed by atoms with Gasteiger partial charge in [0.2, 0.25) is 0 Å². The van der Waals surface area contributed by atoms with Crippen LogP contribution in [0.25, 0.3) is 0 Å². The number of rotatable bonds is 5. The van der Waals surface area contributed by atoms with Crippen LogP contribution in [0, 0.1) is 5.41 Å². The van der Waals surface area contributed by atoms with Gasteiger partial charge in [0.05, 0.1) is 13.7 Å². The molecule has 108 valence electrons. The summed E-state index contributed by atoms with van der Waals surface area (Å²) in [7, 11) is 3.53. The monoisotopic (exact) mass is 267 g/mol. The van der Waals surface area contributed by atoms with E-state index >= 15 is 0 Å². The molecule has 0 spiro atoms. The highest BCUT2D eigenvalue weighted by Gasteiger charge is 2.27. The van der Waals surface area contributed by atoms with Gasteiger partial charge in [-0.15, -0.1) is 0 Å². The smallest absolute Gasteiger partial charge is 0.123 e. The number of likely N-dealkylation sites (N-methyl/N-ethyl adjacent to an activating group) is 1. The normalized spacial score (nSPS) is 13.6. The van der Waals surface area contributed by atoms with Gasteiger partial charge in [0, 0.05) is 24.2 Å². The molecule has 1 aromatic rings. The topological polar surface area (TPSA) is 52.9 Å². The highest BCUT2D eigenvalue weighted by Crippen LogP contribution is 2.28. The van der Waals surface area contributed by atoms with Gasteiger partial charge in [-0.2, -0.15) is 0 Å². The molecule has 0 radical (unpaired) electrons. The highest BCUT2D eigenvalue weighted by molar-refractivity contribution is 5.39. The molecule has 0 saturated heterocycles. The molecule has 0 aliphatic heterocycles. The van der Waals surface area contributed by atoms with E-state index in [4.69, 9.17) is 4.74 Å². The number of nitrogens with zero attached hydrogens (tertiary/aromatic N) is 1. The number of aliphatic hydroxyl groups is 1. The van der Waals surface area contributed by atoms with Crippen LogP contribution in [0.15, 0.2) is 18.2 Å². The highest BCUT2D eigenvalue weighted by atomic mass is 16.5. The van der Waals surface area contributed by atoms with Crippen LogP contribution in [0.5, 0.6) is 11.5 Å². The summed E-state index contributed by atoms with van der Waals surface area (Å²) < 4.78 is 5.06. The second-order valence-corrected chi connectivity index (χ2v) is 5.97. The molecule has 0 bridgehead atoms. The number of ether oxygens (including phenoxy) is 1. The van der Waals surface area contributed by atoms with Gasteiger partial charge in [-0.1, -0.05) is 26.8 Å². The van der Waals surface area contributed by atoms with E-state index in [-0.39, 0.29) is 23.8 Å². The van der Waals surface area contributed by atoms with E-state index in [0.717, 1.165) is 5.56 Å². The summed E-state index contributed by atoms with van der Waals surface area (Å²) in [6.07, 6.45) is 0. The zero-order valence-corrected chi connectivity index (χ0v) is 12.5. The molecule has 2 N–H and O–H groups in total. The van der Waals surface area contributed by atoms with Crippen molar-refractivity contribution in [1.82, 2.24) is 4.90 Å². The first-order valence-corrected chi connectivity index (χ1v) is 6.46. The van der Waals surface area contributed by atoms with Crippen LogP contribution in [0.4, 0.5) is 0 Å². The number of hydrogen-bond donors (Lipinski definition) is 2. The van der Waals surface area contributed by atoms with E-state index in [1.807, 2.05) is 19.2 Å². The summed E-state index contributed by atoms with van der Waals surface area (Å²) in [4.78, 5) is 2.06. The maximum Gasteiger partial charge on any atom is 0.123 e. The second-order valence-electron chi connectivity index (χ2n) is 5.97. The Balaban J connectivity index is 2.84. The molecule has 1 atom stereocenters. The number of benzene rings is 1. The molecule has 0 amide bonds. The third kappa shape index (κ3) is 4.11. The summed E-state index contributed by atoms with van der Waals surface area (Å²) in [5, 5.41) is 19.5. The molecule has 0 aliphatic rings. The number of methoxy groups -OCH3 is 1. The molecule has 0 aromatic heterocycles. The summed E-state index contributed by atoms with van der Waals surface area (Å²) in [5.74, 6) is 0.857. The van der Waals surface area contributed by atoms with Crippen molar-refractivity contribution in [3.8, 4) is 11.5 Å². The van der Waals surface area contributed by atoms with Gasteiger partial charge >= 0.3 is 0 Å². The molecule has 4 nitrogen and oxygen atoms in total. The molecule has 4 heteroatoms. The van der Waals surface area contributed by atoms with Crippen LogP contribution in [0.2, 0.25) is 0 Å². The SMILES string of the molecule is COc1ccc(CN(C)C(CO)C(C)(C)C)c(O)c1. The Kier molecular flexibility index (Phi) is 5.20. The van der Waals surface area contributed by atoms with Crippen molar-refractivity contribution in [2.75, 3.05) is 20.8 Å². The Bertz CT molecular complexity index is 412. The molecule has 0 aliphatic carbocycles. The number of phenolic OH excluding ortho intramolecular Hbond substituents is 1. The quantitative estimate of drug-likeness (QED) is 0.859. The average molecular weight is 267 g/mol. The van der Waals surface area contributed by atoms with Crippen LogP contribution < -0.4 is 4.74 Å². The maximum absolute atomic E-state index is 9.96. The molecule has 19 heavy (non-hydrogen) atoms. The first kappa shape index (κ1) is 15.8. The van der Waals surface area contributed by atoms with Gasteiger partial charge in [-0.25, -0.2) is 0 Å². The lowest BCUT2D eigenvalue weighted by Gasteiger charge is -2.36. The zero-order valence-electron chi connectivity index (χ0n) is 12.5. The Morgan fingerprint density at radius 3 is 2.37 bits per heavy atom. The first-order valence-electron chi connectivity index (χ1n) is 6.46. The van der Waals surface area contributed by atoms with Crippen molar-refractivity contribution in [3.05, 3.63) is 23.8 Å². The largest absolute Gasteiger partial charge is 0.507 e. The predicted octanol–water partition coefficient (Wildman–Crippen LogP) is 2.24. The Labute approximate surface area is 115 Å². The van der Waals surface area contributed by atoms with Crippen molar-refractivity contribution in [3.63, 3.8) is 0 Å². The van der Waals surface area contributed by atoms with Crippen LogP contribution in [-0.4, -0.2) is 41.9 Å². The summed E-state index contributed by atoms with van der Waals surface area (Å²) in [6.45, 7) is 6.96. The van der Waals surface area contributed by atoms with Crippen LogP contribution >= 0.6 is 0 Å². The Hall–Kier alpha value is -1.26. The second kappa shape index (κ2) is 6.26. The lowest BCUT2D eigenvalue weighted by atomic mass is 9.86. The van der Waals surface area contributed by atoms with Gasteiger partial charge < -0.3 is 14.9 Å². The lowest BCUT2D eigenvalue weighted by molar-refractivity contribution is 0.0609. The van der Waals surface area contributed by atoms with Crippen LogP contribution in [0.3, 0.4) is 0 Å². The fourth-order valence-corrected chi connectivity index (χ4v) is 2.26. The lowest BCUT2D eigenvalue weighted by Crippen LogP contribution is -2.43. The summed E-state index contributed by atoms with van der Waals surface area (Å²) in [6, 6.07) is 5.32.